The Kier molecular flexibility index (Phi) is 4.66. The highest BCUT2D eigenvalue weighted by Gasteiger charge is 2.47. The van der Waals surface area contributed by atoms with Gasteiger partial charge in [-0.3, -0.25) is 19.1 Å². The monoisotopic (exact) mass is 401 g/mol. The molecular weight excluding hydrogens is 378 g/mol. The number of anilines is 1. The quantitative estimate of drug-likeness (QED) is 0.656. The second-order valence-electron chi connectivity index (χ2n) is 7.57. The molecule has 152 valence electrons. The number of nitrogens with zero attached hydrogens (tertiary/aromatic N) is 3. The molecule has 4 rings (SSSR count). The smallest absolute Gasteiger partial charge is 0.255 e. The second kappa shape index (κ2) is 7.18. The molecule has 0 spiro atoms. The Balaban J connectivity index is 1.83. The zero-order valence-electron chi connectivity index (χ0n) is 16.8. The van der Waals surface area contributed by atoms with Gasteiger partial charge in [-0.05, 0) is 48.4 Å². The fourth-order valence-electron chi connectivity index (χ4n) is 3.94. The van der Waals surface area contributed by atoms with Crippen LogP contribution in [0.15, 0.2) is 82.7 Å². The van der Waals surface area contributed by atoms with Crippen molar-refractivity contribution in [2.75, 3.05) is 12.8 Å². The molecule has 0 radical (unpaired) electrons. The molecule has 2 heterocycles. The van der Waals surface area contributed by atoms with E-state index in [1.807, 2.05) is 49.4 Å². The van der Waals surface area contributed by atoms with Gasteiger partial charge in [0.15, 0.2) is 5.96 Å². The molecule has 30 heavy (non-hydrogen) atoms. The first-order valence-corrected chi connectivity index (χ1v) is 9.58. The molecule has 0 saturated heterocycles. The summed E-state index contributed by atoms with van der Waals surface area (Å²) in [5.74, 6) is -0.594. The van der Waals surface area contributed by atoms with E-state index in [0.29, 0.717) is 5.69 Å². The van der Waals surface area contributed by atoms with Crippen molar-refractivity contribution in [3.8, 4) is 5.69 Å². The number of carbonyl (C=O) groups is 1. The largest absolute Gasteiger partial charge is 0.399 e. The average Bonchev–Trinajstić information content (AvgIpc) is 2.73. The molecule has 4 N–H and O–H groups in total. The van der Waals surface area contributed by atoms with E-state index in [9.17, 15) is 9.59 Å². The molecule has 1 aliphatic rings. The van der Waals surface area contributed by atoms with Crippen molar-refractivity contribution < 1.29 is 4.79 Å². The van der Waals surface area contributed by atoms with Gasteiger partial charge < -0.3 is 11.5 Å². The minimum atomic E-state index is -0.922. The Bertz CT molecular complexity index is 1200. The first-order chi connectivity index (χ1) is 14.3. The van der Waals surface area contributed by atoms with Crippen LogP contribution in [0, 0.1) is 0 Å². The number of carbonyl (C=O) groups excluding carboxylic acids is 1. The van der Waals surface area contributed by atoms with E-state index in [4.69, 9.17) is 16.5 Å². The van der Waals surface area contributed by atoms with Gasteiger partial charge in [-0.1, -0.05) is 30.3 Å². The van der Waals surface area contributed by atoms with Gasteiger partial charge in [0, 0.05) is 30.7 Å². The highest BCUT2D eigenvalue weighted by Crippen LogP contribution is 2.44. The van der Waals surface area contributed by atoms with Gasteiger partial charge in [-0.25, -0.2) is 4.99 Å². The molecule has 0 bridgehead atoms. The number of nitrogens with two attached hydrogens (primary N) is 2. The van der Waals surface area contributed by atoms with Crippen molar-refractivity contribution in [1.82, 2.24) is 9.47 Å². The van der Waals surface area contributed by atoms with Crippen molar-refractivity contribution >= 4 is 17.6 Å². The van der Waals surface area contributed by atoms with E-state index in [1.165, 1.54) is 11.0 Å². The molecule has 1 amide bonds. The van der Waals surface area contributed by atoms with Gasteiger partial charge in [0.1, 0.15) is 5.54 Å². The molecular formula is C23H23N5O2. The van der Waals surface area contributed by atoms with Crippen molar-refractivity contribution in [3.63, 3.8) is 0 Å². The van der Waals surface area contributed by atoms with Gasteiger partial charge in [0.05, 0.1) is 5.92 Å². The van der Waals surface area contributed by atoms with Crippen LogP contribution in [-0.2, 0) is 10.3 Å². The minimum Gasteiger partial charge on any atom is -0.399 e. The highest BCUT2D eigenvalue weighted by atomic mass is 16.2. The number of pyridine rings is 1. The Labute approximate surface area is 174 Å². The van der Waals surface area contributed by atoms with E-state index >= 15 is 0 Å². The number of aliphatic imine (C=N–C) groups is 1. The van der Waals surface area contributed by atoms with E-state index < -0.39 is 11.5 Å². The second-order valence-corrected chi connectivity index (χ2v) is 7.57. The summed E-state index contributed by atoms with van der Waals surface area (Å²) in [7, 11) is 1.62. The molecule has 0 saturated carbocycles. The number of guanidine groups is 1. The van der Waals surface area contributed by atoms with E-state index in [0.717, 1.165) is 16.8 Å². The van der Waals surface area contributed by atoms with Crippen molar-refractivity contribution in [1.29, 1.82) is 0 Å². The summed E-state index contributed by atoms with van der Waals surface area (Å²) in [6.45, 7) is 1.89. The lowest BCUT2D eigenvalue weighted by molar-refractivity contribution is -0.130. The number of aromatic nitrogens is 1. The van der Waals surface area contributed by atoms with E-state index in [1.54, 1.807) is 36.0 Å². The van der Waals surface area contributed by atoms with Crippen LogP contribution >= 0.6 is 0 Å². The molecule has 1 aromatic heterocycles. The van der Waals surface area contributed by atoms with Crippen LogP contribution in [0.3, 0.4) is 0 Å². The van der Waals surface area contributed by atoms with Crippen LogP contribution in [0.25, 0.3) is 5.69 Å². The molecule has 7 heteroatoms. The summed E-state index contributed by atoms with van der Waals surface area (Å²) in [6, 6.07) is 19.7. The highest BCUT2D eigenvalue weighted by molar-refractivity contribution is 6.02. The summed E-state index contributed by atoms with van der Waals surface area (Å²) in [5, 5.41) is 0. The zero-order valence-corrected chi connectivity index (χ0v) is 16.8. The van der Waals surface area contributed by atoms with Crippen molar-refractivity contribution in [2.24, 2.45) is 10.7 Å². The third kappa shape index (κ3) is 3.14. The van der Waals surface area contributed by atoms with Crippen LogP contribution in [0.4, 0.5) is 5.69 Å². The van der Waals surface area contributed by atoms with Crippen LogP contribution in [-0.4, -0.2) is 28.4 Å². The summed E-state index contributed by atoms with van der Waals surface area (Å²) in [6.07, 6.45) is 1.71. The van der Waals surface area contributed by atoms with Crippen LogP contribution in [0.2, 0.25) is 0 Å². The topological polar surface area (TPSA) is 107 Å². The number of hydrogen-bond donors (Lipinski definition) is 2. The normalized spacial score (nSPS) is 21.4. The molecule has 2 atom stereocenters. The fourth-order valence-corrected chi connectivity index (χ4v) is 3.94. The SMILES string of the molecule is CN1C(=O)[C@@H](c2ccc(-n3ccccc3=O)cc2)[C@@](C)(c2cccc(N)c2)N=C1N. The maximum absolute atomic E-state index is 13.3. The third-order valence-electron chi connectivity index (χ3n) is 5.63. The van der Waals surface area contributed by atoms with Crippen molar-refractivity contribution in [3.05, 3.63) is 94.4 Å². The summed E-state index contributed by atoms with van der Waals surface area (Å²) < 4.78 is 1.55. The molecule has 7 nitrogen and oxygen atoms in total. The molecule has 0 aliphatic carbocycles. The minimum absolute atomic E-state index is 0.124. The predicted octanol–water partition coefficient (Wildman–Crippen LogP) is 2.21. The van der Waals surface area contributed by atoms with Crippen LogP contribution in [0.1, 0.15) is 24.0 Å². The van der Waals surface area contributed by atoms with Crippen LogP contribution in [0.5, 0.6) is 0 Å². The maximum Gasteiger partial charge on any atom is 0.255 e. The number of rotatable bonds is 3. The lowest BCUT2D eigenvalue weighted by Crippen LogP contribution is -2.52. The zero-order chi connectivity index (χ0) is 21.5. The number of likely N-dealkylation sites (N-methyl/N-ethyl adjacent to an activating group) is 1. The van der Waals surface area contributed by atoms with Gasteiger partial charge in [-0.2, -0.15) is 0 Å². The Morgan fingerprint density at radius 2 is 1.70 bits per heavy atom. The first-order valence-electron chi connectivity index (χ1n) is 9.58. The number of hydrogen-bond acceptors (Lipinski definition) is 5. The Morgan fingerprint density at radius 1 is 0.967 bits per heavy atom. The standard InChI is InChI=1S/C23H23N5O2/c1-23(16-6-5-7-17(24)14-16)20(21(30)27(2)22(25)26-23)15-9-11-18(12-10-15)28-13-4-3-8-19(28)29/h3-14,20H,24H2,1-2H3,(H2,25,26)/t20-,23-/m1/s1. The molecule has 1 aliphatic heterocycles. The Morgan fingerprint density at radius 3 is 2.37 bits per heavy atom. The Hall–Kier alpha value is -3.87. The van der Waals surface area contributed by atoms with E-state index in [-0.39, 0.29) is 17.4 Å². The maximum atomic E-state index is 13.3. The van der Waals surface area contributed by atoms with Gasteiger partial charge in [-0.15, -0.1) is 0 Å². The molecule has 2 aromatic carbocycles. The van der Waals surface area contributed by atoms with Gasteiger partial charge >= 0.3 is 0 Å². The summed E-state index contributed by atoms with van der Waals surface area (Å²) in [4.78, 5) is 31.5. The number of benzene rings is 2. The van der Waals surface area contributed by atoms with Gasteiger partial charge in [0.25, 0.3) is 5.56 Å². The molecule has 0 unspecified atom stereocenters. The predicted molar refractivity (Wildman–Crippen MR) is 117 cm³/mol. The average molecular weight is 401 g/mol. The first kappa shape index (κ1) is 19.4. The van der Waals surface area contributed by atoms with Crippen LogP contribution < -0.4 is 17.0 Å². The molecule has 3 aromatic rings. The molecule has 0 fully saturated rings. The summed E-state index contributed by atoms with van der Waals surface area (Å²) in [5.41, 5.74) is 13.9. The van der Waals surface area contributed by atoms with Gasteiger partial charge in [0.2, 0.25) is 5.91 Å². The lowest BCUT2D eigenvalue weighted by Gasteiger charge is -2.41. The fraction of sp³-hybridized carbons (Fsp3) is 0.174. The summed E-state index contributed by atoms with van der Waals surface area (Å²) >= 11 is 0. The number of amides is 1. The third-order valence-corrected chi connectivity index (χ3v) is 5.63. The van der Waals surface area contributed by atoms with Crippen molar-refractivity contribution in [2.45, 2.75) is 18.4 Å². The number of nitrogen functional groups attached to an aromatic ring is 1. The lowest BCUT2D eigenvalue weighted by atomic mass is 9.74. The van der Waals surface area contributed by atoms with E-state index in [2.05, 4.69) is 0 Å².